The van der Waals surface area contributed by atoms with E-state index in [-0.39, 0.29) is 5.91 Å². The zero-order valence-electron chi connectivity index (χ0n) is 8.82. The van der Waals surface area contributed by atoms with Gasteiger partial charge in [-0.3, -0.25) is 4.79 Å². The normalized spacial score (nSPS) is 19.3. The average molecular weight is 205 g/mol. The number of carbonyl (C=O) groups excluding carboxylic acids is 1. The van der Waals surface area contributed by atoms with Gasteiger partial charge in [-0.05, 0) is 30.5 Å². The Morgan fingerprint density at radius 3 is 3.00 bits per heavy atom. The van der Waals surface area contributed by atoms with Crippen molar-refractivity contribution < 1.29 is 9.53 Å². The molecule has 1 N–H and O–H groups in total. The van der Waals surface area contributed by atoms with Crippen molar-refractivity contribution >= 4 is 5.91 Å². The number of benzene rings is 1. The molecule has 3 nitrogen and oxygen atoms in total. The molecule has 2 rings (SSSR count). The highest BCUT2D eigenvalue weighted by Crippen LogP contribution is 2.17. The lowest BCUT2D eigenvalue weighted by Crippen LogP contribution is -2.48. The van der Waals surface area contributed by atoms with Gasteiger partial charge in [0.2, 0.25) is 5.91 Å². The van der Waals surface area contributed by atoms with E-state index < -0.39 is 0 Å². The minimum Gasteiger partial charge on any atom is -0.497 e. The van der Waals surface area contributed by atoms with E-state index in [4.69, 9.17) is 4.74 Å². The summed E-state index contributed by atoms with van der Waals surface area (Å²) in [6, 6.07) is 8.44. The third-order valence-corrected chi connectivity index (χ3v) is 2.71. The summed E-state index contributed by atoms with van der Waals surface area (Å²) in [5, 5.41) is 2.87. The number of hydrogen-bond acceptors (Lipinski definition) is 2. The minimum absolute atomic E-state index is 0.172. The predicted molar refractivity (Wildman–Crippen MR) is 57.9 cm³/mol. The molecule has 0 bridgehead atoms. The minimum atomic E-state index is 0.172. The van der Waals surface area contributed by atoms with Crippen LogP contribution >= 0.6 is 0 Å². The molecule has 0 saturated carbocycles. The summed E-state index contributed by atoms with van der Waals surface area (Å²) >= 11 is 0. The number of β-lactam (4-membered cyclic amide) rings is 1. The van der Waals surface area contributed by atoms with E-state index in [1.807, 2.05) is 18.2 Å². The van der Waals surface area contributed by atoms with Crippen molar-refractivity contribution in [3.05, 3.63) is 29.8 Å². The molecule has 1 saturated heterocycles. The van der Waals surface area contributed by atoms with Crippen molar-refractivity contribution in [2.45, 2.75) is 25.3 Å². The summed E-state index contributed by atoms with van der Waals surface area (Å²) in [6.07, 6.45) is 2.69. The molecule has 3 heteroatoms. The van der Waals surface area contributed by atoms with Gasteiger partial charge in [-0.25, -0.2) is 0 Å². The van der Waals surface area contributed by atoms with Gasteiger partial charge in [-0.15, -0.1) is 0 Å². The molecule has 0 spiro atoms. The Morgan fingerprint density at radius 2 is 2.33 bits per heavy atom. The van der Waals surface area contributed by atoms with Crippen LogP contribution in [0.25, 0.3) is 0 Å². The van der Waals surface area contributed by atoms with Gasteiger partial charge in [0.1, 0.15) is 5.75 Å². The monoisotopic (exact) mass is 205 g/mol. The smallest absolute Gasteiger partial charge is 0.222 e. The highest BCUT2D eigenvalue weighted by atomic mass is 16.5. The number of carbonyl (C=O) groups is 1. The number of nitrogens with one attached hydrogen (secondary N) is 1. The lowest BCUT2D eigenvalue weighted by molar-refractivity contribution is -0.128. The summed E-state index contributed by atoms with van der Waals surface area (Å²) in [6.45, 7) is 0. The zero-order valence-corrected chi connectivity index (χ0v) is 8.82. The average Bonchev–Trinajstić information content (AvgIpc) is 2.23. The molecule has 1 amide bonds. The number of rotatable bonds is 4. The van der Waals surface area contributed by atoms with Crippen molar-refractivity contribution in [2.75, 3.05) is 7.11 Å². The summed E-state index contributed by atoms with van der Waals surface area (Å²) in [7, 11) is 1.67. The molecule has 1 aromatic rings. The first-order valence-electron chi connectivity index (χ1n) is 5.20. The molecule has 0 aromatic heterocycles. The second-order valence-corrected chi connectivity index (χ2v) is 3.86. The number of amides is 1. The van der Waals surface area contributed by atoms with Crippen LogP contribution in [-0.2, 0) is 11.2 Å². The van der Waals surface area contributed by atoms with Crippen LogP contribution in [0.5, 0.6) is 5.75 Å². The largest absolute Gasteiger partial charge is 0.497 e. The van der Waals surface area contributed by atoms with E-state index in [0.29, 0.717) is 12.5 Å². The van der Waals surface area contributed by atoms with Gasteiger partial charge in [-0.2, -0.15) is 0 Å². The van der Waals surface area contributed by atoms with E-state index in [1.165, 1.54) is 5.56 Å². The molecule has 1 aliphatic heterocycles. The Labute approximate surface area is 89.4 Å². The predicted octanol–water partition coefficient (Wildman–Crippen LogP) is 1.52. The van der Waals surface area contributed by atoms with Crippen molar-refractivity contribution in [1.29, 1.82) is 0 Å². The van der Waals surface area contributed by atoms with Gasteiger partial charge < -0.3 is 10.1 Å². The number of hydrogen-bond donors (Lipinski definition) is 1. The maximum Gasteiger partial charge on any atom is 0.222 e. The molecule has 0 unspecified atom stereocenters. The van der Waals surface area contributed by atoms with Crippen LogP contribution in [-0.4, -0.2) is 19.1 Å². The number of aryl methyl sites for hydroxylation is 1. The van der Waals surface area contributed by atoms with Crippen LogP contribution in [0.4, 0.5) is 0 Å². The molecule has 1 fully saturated rings. The fraction of sp³-hybridized carbons (Fsp3) is 0.417. The maximum absolute atomic E-state index is 10.7. The Balaban J connectivity index is 1.85. The molecular formula is C12H15NO2. The third kappa shape index (κ3) is 2.49. The highest BCUT2D eigenvalue weighted by molar-refractivity contribution is 5.82. The van der Waals surface area contributed by atoms with Crippen LogP contribution in [0.3, 0.4) is 0 Å². The summed E-state index contributed by atoms with van der Waals surface area (Å²) in [5.41, 5.74) is 1.26. The molecular weight excluding hydrogens is 190 g/mol. The molecule has 80 valence electrons. The molecule has 0 aliphatic carbocycles. The fourth-order valence-electron chi connectivity index (χ4n) is 1.77. The van der Waals surface area contributed by atoms with E-state index in [9.17, 15) is 4.79 Å². The van der Waals surface area contributed by atoms with Gasteiger partial charge in [0.05, 0.1) is 7.11 Å². The Bertz CT molecular complexity index is 354. The second-order valence-electron chi connectivity index (χ2n) is 3.86. The van der Waals surface area contributed by atoms with Gasteiger partial charge in [0.25, 0.3) is 0 Å². The SMILES string of the molecule is COc1cccc(CC[C@@H]2CC(=O)N2)c1. The van der Waals surface area contributed by atoms with Gasteiger partial charge >= 0.3 is 0 Å². The van der Waals surface area contributed by atoms with Crippen LogP contribution in [0, 0.1) is 0 Å². The highest BCUT2D eigenvalue weighted by Gasteiger charge is 2.24. The molecule has 1 heterocycles. The first-order valence-corrected chi connectivity index (χ1v) is 5.20. The lowest BCUT2D eigenvalue weighted by Gasteiger charge is -2.26. The van der Waals surface area contributed by atoms with Crippen molar-refractivity contribution in [3.8, 4) is 5.75 Å². The molecule has 1 aliphatic rings. The van der Waals surface area contributed by atoms with Crippen molar-refractivity contribution in [1.82, 2.24) is 5.32 Å². The van der Waals surface area contributed by atoms with Crippen molar-refractivity contribution in [2.24, 2.45) is 0 Å². The van der Waals surface area contributed by atoms with E-state index >= 15 is 0 Å². The quantitative estimate of drug-likeness (QED) is 0.757. The Kier molecular flexibility index (Phi) is 2.90. The third-order valence-electron chi connectivity index (χ3n) is 2.71. The first-order chi connectivity index (χ1) is 7.28. The molecule has 1 atom stereocenters. The summed E-state index contributed by atoms with van der Waals surface area (Å²) in [4.78, 5) is 10.7. The van der Waals surface area contributed by atoms with Gasteiger partial charge in [-0.1, -0.05) is 12.1 Å². The van der Waals surface area contributed by atoms with Crippen LogP contribution in [0.15, 0.2) is 24.3 Å². The van der Waals surface area contributed by atoms with Crippen molar-refractivity contribution in [3.63, 3.8) is 0 Å². The Morgan fingerprint density at radius 1 is 1.53 bits per heavy atom. The van der Waals surface area contributed by atoms with Gasteiger partial charge in [0, 0.05) is 12.5 Å². The van der Waals surface area contributed by atoms with Crippen LogP contribution < -0.4 is 10.1 Å². The van der Waals surface area contributed by atoms with E-state index in [2.05, 4.69) is 11.4 Å². The molecule has 15 heavy (non-hydrogen) atoms. The van der Waals surface area contributed by atoms with E-state index in [0.717, 1.165) is 18.6 Å². The second kappa shape index (κ2) is 4.34. The first kappa shape index (κ1) is 10.0. The number of ether oxygens (including phenoxy) is 1. The standard InChI is InChI=1S/C12H15NO2/c1-15-11-4-2-3-9(7-11)5-6-10-8-12(14)13-10/h2-4,7,10H,5-6,8H2,1H3,(H,13,14)/t10-/m1/s1. The molecule has 1 aromatic carbocycles. The summed E-state index contributed by atoms with van der Waals surface area (Å²) in [5.74, 6) is 1.07. The topological polar surface area (TPSA) is 38.3 Å². The summed E-state index contributed by atoms with van der Waals surface area (Å²) < 4.78 is 5.15. The van der Waals surface area contributed by atoms with E-state index in [1.54, 1.807) is 7.11 Å². The zero-order chi connectivity index (χ0) is 10.7. The van der Waals surface area contributed by atoms with Crippen LogP contribution in [0.1, 0.15) is 18.4 Å². The fourth-order valence-corrected chi connectivity index (χ4v) is 1.77. The maximum atomic E-state index is 10.7. The lowest BCUT2D eigenvalue weighted by atomic mass is 9.98. The van der Waals surface area contributed by atoms with Gasteiger partial charge in [0.15, 0.2) is 0 Å². The number of methoxy groups -OCH3 is 1. The molecule has 0 radical (unpaired) electrons. The Hall–Kier alpha value is -1.51. The van der Waals surface area contributed by atoms with Crippen LogP contribution in [0.2, 0.25) is 0 Å².